The van der Waals surface area contributed by atoms with E-state index in [9.17, 15) is 0 Å². The molecule has 0 aliphatic heterocycles. The minimum absolute atomic E-state index is 0.0769. The van der Waals surface area contributed by atoms with Gasteiger partial charge in [0, 0.05) is 10.8 Å². The maximum Gasteiger partial charge on any atom is 0.0210 e. The molecule has 0 saturated carbocycles. The van der Waals surface area contributed by atoms with Crippen LogP contribution in [0.1, 0.15) is 81.2 Å². The largest absolute Gasteiger partial charge is 0.0642 e. The van der Waals surface area contributed by atoms with Crippen LogP contribution in [0.15, 0.2) is 164 Å². The highest BCUT2D eigenvalue weighted by atomic mass is 14.4. The molecule has 0 amide bonds. The van der Waals surface area contributed by atoms with E-state index in [1.165, 1.54) is 107 Å². The molecule has 270 valence electrons. The van der Waals surface area contributed by atoms with Gasteiger partial charge < -0.3 is 0 Å². The Morgan fingerprint density at radius 2 is 0.745 bits per heavy atom. The smallest absolute Gasteiger partial charge is 0.0210 e. The van der Waals surface area contributed by atoms with Crippen LogP contribution in [-0.2, 0) is 10.8 Å². The van der Waals surface area contributed by atoms with Gasteiger partial charge >= 0.3 is 0 Å². The molecule has 10 rings (SSSR count). The third kappa shape index (κ3) is 5.41. The van der Waals surface area contributed by atoms with Gasteiger partial charge in [0.15, 0.2) is 0 Å². The fraction of sp³-hybridized carbons (Fsp3) is 0.200. The molecule has 0 heteroatoms. The average molecular weight is 711 g/mol. The summed E-state index contributed by atoms with van der Waals surface area (Å²) in [5.74, 6) is 0. The van der Waals surface area contributed by atoms with Gasteiger partial charge in [-0.15, -0.1) is 0 Å². The van der Waals surface area contributed by atoms with Gasteiger partial charge in [0.25, 0.3) is 0 Å². The Bertz CT molecular complexity index is 2670. The molecule has 8 aromatic rings. The van der Waals surface area contributed by atoms with Crippen molar-refractivity contribution in [1.82, 2.24) is 0 Å². The van der Waals surface area contributed by atoms with E-state index < -0.39 is 0 Å². The van der Waals surface area contributed by atoms with Crippen molar-refractivity contribution in [3.05, 3.63) is 192 Å². The third-order valence-electron chi connectivity index (χ3n) is 13.4. The van der Waals surface area contributed by atoms with E-state index in [0.29, 0.717) is 0 Å². The lowest BCUT2D eigenvalue weighted by Crippen LogP contribution is -2.23. The molecule has 0 heterocycles. The predicted octanol–water partition coefficient (Wildman–Crippen LogP) is 15.5. The number of hydrogen-bond acceptors (Lipinski definition) is 0. The molecule has 0 nitrogen and oxygen atoms in total. The van der Waals surface area contributed by atoms with E-state index in [1.807, 2.05) is 0 Å². The summed E-state index contributed by atoms with van der Waals surface area (Å²) in [6.07, 6.45) is 4.57. The van der Waals surface area contributed by atoms with Crippen molar-refractivity contribution in [1.29, 1.82) is 0 Å². The lowest BCUT2D eigenvalue weighted by Gasteiger charge is -2.30. The molecular weight excluding hydrogens is 661 g/mol. The summed E-state index contributed by atoms with van der Waals surface area (Å²) in [7, 11) is 0. The third-order valence-corrected chi connectivity index (χ3v) is 13.4. The van der Waals surface area contributed by atoms with Crippen LogP contribution in [0, 0.1) is 6.92 Å². The summed E-state index contributed by atoms with van der Waals surface area (Å²) in [6.45, 7) is 11.5. The van der Waals surface area contributed by atoms with Crippen molar-refractivity contribution in [3.8, 4) is 44.5 Å². The first kappa shape index (κ1) is 35.0. The Morgan fingerprint density at radius 3 is 1.35 bits per heavy atom. The topological polar surface area (TPSA) is 0 Å². The zero-order valence-corrected chi connectivity index (χ0v) is 32.9. The van der Waals surface area contributed by atoms with Gasteiger partial charge in [0.1, 0.15) is 0 Å². The van der Waals surface area contributed by atoms with Crippen LogP contribution in [-0.4, -0.2) is 0 Å². The van der Waals surface area contributed by atoms with Crippen molar-refractivity contribution in [2.45, 2.75) is 71.1 Å². The second-order valence-corrected chi connectivity index (χ2v) is 15.7. The Kier molecular flexibility index (Phi) is 8.82. The van der Waals surface area contributed by atoms with Crippen LogP contribution in [0.25, 0.3) is 66.1 Å². The molecule has 0 fully saturated rings. The summed E-state index contributed by atoms with van der Waals surface area (Å²) in [5, 5.41) is 5.17. The van der Waals surface area contributed by atoms with Crippen LogP contribution in [0.2, 0.25) is 0 Å². The van der Waals surface area contributed by atoms with Gasteiger partial charge in [-0.3, -0.25) is 0 Å². The fourth-order valence-electron chi connectivity index (χ4n) is 10.4. The molecule has 0 aromatic heterocycles. The highest BCUT2D eigenvalue weighted by Gasteiger charge is 2.41. The molecule has 0 bridgehead atoms. The molecule has 8 aromatic carbocycles. The number of benzene rings is 8. The minimum Gasteiger partial charge on any atom is -0.0642 e. The zero-order chi connectivity index (χ0) is 37.7. The van der Waals surface area contributed by atoms with E-state index in [2.05, 4.69) is 198 Å². The Hall–Kier alpha value is -5.72. The first-order chi connectivity index (χ1) is 27.0. The molecule has 0 spiro atoms. The molecule has 0 saturated heterocycles. The molecule has 0 radical (unpaired) electrons. The van der Waals surface area contributed by atoms with E-state index in [-0.39, 0.29) is 10.8 Å². The quantitative estimate of drug-likeness (QED) is 0.161. The van der Waals surface area contributed by atoms with Crippen molar-refractivity contribution in [2.75, 3.05) is 0 Å². The summed E-state index contributed by atoms with van der Waals surface area (Å²) in [4.78, 5) is 0. The van der Waals surface area contributed by atoms with Gasteiger partial charge in [-0.05, 0) is 133 Å². The van der Waals surface area contributed by atoms with Crippen molar-refractivity contribution in [2.24, 2.45) is 0 Å². The van der Waals surface area contributed by atoms with Crippen LogP contribution in [0.3, 0.4) is 0 Å². The molecule has 55 heavy (non-hydrogen) atoms. The normalized spacial score (nSPS) is 14.1. The van der Waals surface area contributed by atoms with E-state index >= 15 is 0 Å². The average Bonchev–Trinajstić information content (AvgIpc) is 3.69. The van der Waals surface area contributed by atoms with E-state index in [4.69, 9.17) is 0 Å². The highest BCUT2D eigenvalue weighted by molar-refractivity contribution is 6.06. The number of aryl methyl sites for hydroxylation is 1. The second kappa shape index (κ2) is 13.8. The molecule has 0 N–H and O–H groups in total. The van der Waals surface area contributed by atoms with Crippen molar-refractivity contribution in [3.63, 3.8) is 0 Å². The first-order valence-corrected chi connectivity index (χ1v) is 20.4. The SMILES string of the molecule is CCC1(CC)c2cc(C)ccc2-c2ccc(-c3ccc(-c4ccc5ccccc5c4)c4ccccc34)cc21.CCC1(CC)c2ccccc2-c2ccccc21. The monoisotopic (exact) mass is 710 g/mol. The summed E-state index contributed by atoms with van der Waals surface area (Å²) >= 11 is 0. The van der Waals surface area contributed by atoms with Crippen LogP contribution < -0.4 is 0 Å². The van der Waals surface area contributed by atoms with Crippen LogP contribution >= 0.6 is 0 Å². The molecule has 0 atom stereocenters. The Labute approximate surface area is 327 Å². The zero-order valence-electron chi connectivity index (χ0n) is 32.9. The first-order valence-electron chi connectivity index (χ1n) is 20.4. The number of fused-ring (bicyclic) bond motifs is 8. The molecular formula is C55H50. The van der Waals surface area contributed by atoms with E-state index in [0.717, 1.165) is 12.8 Å². The lowest BCUT2D eigenvalue weighted by atomic mass is 9.73. The van der Waals surface area contributed by atoms with Gasteiger partial charge in [0.2, 0.25) is 0 Å². The number of rotatable bonds is 6. The summed E-state index contributed by atoms with van der Waals surface area (Å²) < 4.78 is 0. The Morgan fingerprint density at radius 1 is 0.327 bits per heavy atom. The predicted molar refractivity (Wildman–Crippen MR) is 237 cm³/mol. The molecule has 0 unspecified atom stereocenters. The molecule has 2 aliphatic rings. The minimum atomic E-state index is 0.0769. The maximum atomic E-state index is 2.50. The standard InChI is InChI=1S/C38H32.C17H18/c1-4-38(5-2)36-22-25(3)14-18-34(36)35-19-17-29(24-37(35)38)31-21-20-30(32-12-8-9-13-33(31)32)28-16-15-26-10-6-7-11-27(26)23-28;1-3-17(4-2)15-11-7-5-9-13(15)14-10-6-8-12-16(14)17/h6-24H,4-5H2,1-3H3;5-12H,3-4H2,1-2H3. The van der Waals surface area contributed by atoms with Gasteiger partial charge in [-0.25, -0.2) is 0 Å². The van der Waals surface area contributed by atoms with Crippen LogP contribution in [0.4, 0.5) is 0 Å². The Balaban J connectivity index is 0.000000195. The molecule has 2 aliphatic carbocycles. The van der Waals surface area contributed by atoms with Crippen molar-refractivity contribution < 1.29 is 0 Å². The van der Waals surface area contributed by atoms with Gasteiger partial charge in [-0.1, -0.05) is 185 Å². The maximum absolute atomic E-state index is 2.50. The van der Waals surface area contributed by atoms with Crippen molar-refractivity contribution >= 4 is 21.5 Å². The number of hydrogen-bond donors (Lipinski definition) is 0. The van der Waals surface area contributed by atoms with Crippen LogP contribution in [0.5, 0.6) is 0 Å². The lowest BCUT2D eigenvalue weighted by molar-refractivity contribution is 0.490. The fourth-order valence-corrected chi connectivity index (χ4v) is 10.4. The summed E-state index contributed by atoms with van der Waals surface area (Å²) in [6, 6.07) is 61.0. The van der Waals surface area contributed by atoms with Gasteiger partial charge in [0.05, 0.1) is 0 Å². The summed E-state index contributed by atoms with van der Waals surface area (Å²) in [5.41, 5.74) is 18.6. The highest BCUT2D eigenvalue weighted by Crippen LogP contribution is 2.54. The van der Waals surface area contributed by atoms with E-state index in [1.54, 1.807) is 0 Å². The second-order valence-electron chi connectivity index (χ2n) is 15.7. The van der Waals surface area contributed by atoms with Gasteiger partial charge in [-0.2, -0.15) is 0 Å².